The SMILES string of the molecule is Cc1ccc(S(=O)(=O)N2CCC(C(=O)Nc3ccc(-c4cn5c(n4)CCCC5)cc3)CC2)cc1C. The highest BCUT2D eigenvalue weighted by Crippen LogP contribution is 2.27. The number of sulfonamides is 1. The molecule has 0 unspecified atom stereocenters. The molecule has 0 atom stereocenters. The number of imidazole rings is 1. The maximum Gasteiger partial charge on any atom is 0.243 e. The molecule has 2 aliphatic rings. The molecule has 5 rings (SSSR count). The second-order valence-electron chi connectivity index (χ2n) is 9.68. The lowest BCUT2D eigenvalue weighted by Gasteiger charge is -2.30. The molecule has 1 saturated heterocycles. The number of benzene rings is 2. The minimum absolute atomic E-state index is 0.0570. The molecule has 35 heavy (non-hydrogen) atoms. The van der Waals surface area contributed by atoms with E-state index in [0.29, 0.717) is 30.8 Å². The first-order valence-corrected chi connectivity index (χ1v) is 13.8. The van der Waals surface area contributed by atoms with Crippen LogP contribution < -0.4 is 5.32 Å². The standard InChI is InChI=1S/C27H32N4O3S/c1-19-6-11-24(17-20(19)2)35(33,34)31-15-12-22(13-16-31)27(32)28-23-9-7-21(8-10-23)25-18-30-14-4-3-5-26(30)29-25/h6-11,17-18,22H,3-5,12-16H2,1-2H3,(H,28,32). The average Bonchev–Trinajstić information content (AvgIpc) is 3.30. The van der Waals surface area contributed by atoms with Gasteiger partial charge in [0.2, 0.25) is 15.9 Å². The summed E-state index contributed by atoms with van der Waals surface area (Å²) in [4.78, 5) is 18.0. The molecule has 0 radical (unpaired) electrons. The number of hydrogen-bond donors (Lipinski definition) is 1. The molecule has 1 aromatic heterocycles. The quantitative estimate of drug-likeness (QED) is 0.567. The Bertz CT molecular complexity index is 1310. The maximum atomic E-state index is 13.1. The minimum Gasteiger partial charge on any atom is -0.334 e. The highest BCUT2D eigenvalue weighted by molar-refractivity contribution is 7.89. The number of aromatic nitrogens is 2. The summed E-state index contributed by atoms with van der Waals surface area (Å²) < 4.78 is 29.8. The van der Waals surface area contributed by atoms with Crippen LogP contribution in [0.15, 0.2) is 53.6 Å². The highest BCUT2D eigenvalue weighted by atomic mass is 32.2. The average molecular weight is 493 g/mol. The van der Waals surface area contributed by atoms with E-state index >= 15 is 0 Å². The van der Waals surface area contributed by atoms with Gasteiger partial charge in [-0.1, -0.05) is 18.2 Å². The van der Waals surface area contributed by atoms with Gasteiger partial charge in [0.1, 0.15) is 5.82 Å². The van der Waals surface area contributed by atoms with Gasteiger partial charge in [-0.2, -0.15) is 4.31 Å². The summed E-state index contributed by atoms with van der Waals surface area (Å²) in [6.07, 6.45) is 6.55. The van der Waals surface area contributed by atoms with Crippen LogP contribution >= 0.6 is 0 Å². The number of carbonyl (C=O) groups is 1. The number of aryl methyl sites for hydroxylation is 4. The number of nitrogens with one attached hydrogen (secondary N) is 1. The largest absolute Gasteiger partial charge is 0.334 e. The van der Waals surface area contributed by atoms with Gasteiger partial charge in [-0.05, 0) is 74.9 Å². The van der Waals surface area contributed by atoms with E-state index in [1.807, 2.05) is 44.2 Å². The molecule has 1 fully saturated rings. The van der Waals surface area contributed by atoms with Crippen molar-refractivity contribution in [1.82, 2.24) is 13.9 Å². The Balaban J connectivity index is 1.18. The van der Waals surface area contributed by atoms with E-state index in [-0.39, 0.29) is 11.8 Å². The zero-order chi connectivity index (χ0) is 24.6. The van der Waals surface area contributed by atoms with Crippen LogP contribution in [0.5, 0.6) is 0 Å². The topological polar surface area (TPSA) is 84.3 Å². The first-order valence-electron chi connectivity index (χ1n) is 12.4. The molecule has 0 aliphatic carbocycles. The van der Waals surface area contributed by atoms with Gasteiger partial charge in [0.15, 0.2) is 0 Å². The van der Waals surface area contributed by atoms with Gasteiger partial charge in [0, 0.05) is 49.4 Å². The number of carbonyl (C=O) groups excluding carboxylic acids is 1. The smallest absolute Gasteiger partial charge is 0.243 e. The monoisotopic (exact) mass is 492 g/mol. The summed E-state index contributed by atoms with van der Waals surface area (Å²) in [5, 5.41) is 3.01. The number of piperidine rings is 1. The third-order valence-corrected chi connectivity index (χ3v) is 9.19. The number of rotatable bonds is 5. The predicted octanol–water partition coefficient (Wildman–Crippen LogP) is 4.54. The summed E-state index contributed by atoms with van der Waals surface area (Å²) in [6, 6.07) is 13.0. The van der Waals surface area contributed by atoms with E-state index in [1.165, 1.54) is 17.1 Å². The second-order valence-corrected chi connectivity index (χ2v) is 11.6. The van der Waals surface area contributed by atoms with E-state index < -0.39 is 10.0 Å². The number of nitrogens with zero attached hydrogens (tertiary/aromatic N) is 3. The van der Waals surface area contributed by atoms with Crippen LogP contribution in [0.4, 0.5) is 5.69 Å². The maximum absolute atomic E-state index is 13.1. The molecule has 8 heteroatoms. The molecular weight excluding hydrogens is 460 g/mol. The summed E-state index contributed by atoms with van der Waals surface area (Å²) in [5.74, 6) is 0.883. The van der Waals surface area contributed by atoms with Crippen LogP contribution in [0.2, 0.25) is 0 Å². The molecular formula is C27H32N4O3S. The second kappa shape index (κ2) is 9.59. The summed E-state index contributed by atoms with van der Waals surface area (Å²) in [6.45, 7) is 5.60. The first-order chi connectivity index (χ1) is 16.8. The lowest BCUT2D eigenvalue weighted by molar-refractivity contribution is -0.120. The van der Waals surface area contributed by atoms with Crippen molar-refractivity contribution in [3.63, 3.8) is 0 Å². The highest BCUT2D eigenvalue weighted by Gasteiger charge is 2.32. The Kier molecular flexibility index (Phi) is 6.51. The van der Waals surface area contributed by atoms with E-state index in [1.54, 1.807) is 12.1 Å². The molecule has 3 heterocycles. The van der Waals surface area contributed by atoms with Gasteiger partial charge in [-0.15, -0.1) is 0 Å². The van der Waals surface area contributed by atoms with E-state index in [0.717, 1.165) is 46.9 Å². The Morgan fingerprint density at radius 2 is 1.71 bits per heavy atom. The molecule has 2 aliphatic heterocycles. The van der Waals surface area contributed by atoms with Crippen molar-refractivity contribution in [2.24, 2.45) is 5.92 Å². The molecule has 184 valence electrons. The molecule has 0 spiro atoms. The van der Waals surface area contributed by atoms with E-state index in [2.05, 4.69) is 16.1 Å². The van der Waals surface area contributed by atoms with Gasteiger partial charge in [0.25, 0.3) is 0 Å². The molecule has 0 saturated carbocycles. The van der Waals surface area contributed by atoms with Gasteiger partial charge in [-0.3, -0.25) is 4.79 Å². The Labute approximate surface area is 207 Å². The zero-order valence-corrected chi connectivity index (χ0v) is 21.1. The van der Waals surface area contributed by atoms with Crippen LogP contribution in [0.3, 0.4) is 0 Å². The minimum atomic E-state index is -3.55. The van der Waals surface area contributed by atoms with Crippen LogP contribution in [0.25, 0.3) is 11.3 Å². The molecule has 1 amide bonds. The van der Waals surface area contributed by atoms with Crippen LogP contribution in [0, 0.1) is 19.8 Å². The van der Waals surface area contributed by atoms with Crippen molar-refractivity contribution in [1.29, 1.82) is 0 Å². The fourth-order valence-electron chi connectivity index (χ4n) is 4.90. The molecule has 2 aromatic carbocycles. The molecule has 1 N–H and O–H groups in total. The van der Waals surface area contributed by atoms with Crippen molar-refractivity contribution >= 4 is 21.6 Å². The van der Waals surface area contributed by atoms with Gasteiger partial charge in [-0.25, -0.2) is 13.4 Å². The third kappa shape index (κ3) is 4.90. The van der Waals surface area contributed by atoms with Crippen molar-refractivity contribution in [3.8, 4) is 11.3 Å². The number of anilines is 1. The molecule has 7 nitrogen and oxygen atoms in total. The zero-order valence-electron chi connectivity index (χ0n) is 20.3. The lowest BCUT2D eigenvalue weighted by atomic mass is 9.97. The van der Waals surface area contributed by atoms with Gasteiger partial charge in [0.05, 0.1) is 10.6 Å². The van der Waals surface area contributed by atoms with Crippen molar-refractivity contribution in [2.75, 3.05) is 18.4 Å². The summed E-state index contributed by atoms with van der Waals surface area (Å²) in [7, 11) is -3.55. The van der Waals surface area contributed by atoms with E-state index in [4.69, 9.17) is 4.98 Å². The fourth-order valence-corrected chi connectivity index (χ4v) is 6.46. The van der Waals surface area contributed by atoms with Crippen molar-refractivity contribution < 1.29 is 13.2 Å². The predicted molar refractivity (Wildman–Crippen MR) is 137 cm³/mol. The Morgan fingerprint density at radius 3 is 2.40 bits per heavy atom. The van der Waals surface area contributed by atoms with Crippen molar-refractivity contribution in [3.05, 3.63) is 65.6 Å². The third-order valence-electron chi connectivity index (χ3n) is 7.30. The number of hydrogen-bond acceptors (Lipinski definition) is 4. The summed E-state index contributed by atoms with van der Waals surface area (Å²) in [5.41, 5.74) is 4.77. The molecule has 0 bridgehead atoms. The van der Waals surface area contributed by atoms with Crippen molar-refractivity contribution in [2.45, 2.75) is 57.4 Å². The first kappa shape index (κ1) is 23.8. The van der Waals surface area contributed by atoms with Crippen LogP contribution in [0.1, 0.15) is 42.6 Å². The number of amides is 1. The fraction of sp³-hybridized carbons (Fsp3) is 0.407. The van der Waals surface area contributed by atoms with Gasteiger partial charge >= 0.3 is 0 Å². The summed E-state index contributed by atoms with van der Waals surface area (Å²) >= 11 is 0. The van der Waals surface area contributed by atoms with Crippen LogP contribution in [-0.4, -0.2) is 41.3 Å². The van der Waals surface area contributed by atoms with Crippen LogP contribution in [-0.2, 0) is 27.8 Å². The Morgan fingerprint density at radius 1 is 0.971 bits per heavy atom. The normalized spacial score (nSPS) is 17.2. The Hall–Kier alpha value is -2.97. The van der Waals surface area contributed by atoms with Gasteiger partial charge < -0.3 is 9.88 Å². The molecule has 3 aromatic rings. The van der Waals surface area contributed by atoms with E-state index in [9.17, 15) is 13.2 Å². The lowest BCUT2D eigenvalue weighted by Crippen LogP contribution is -2.41. The number of fused-ring (bicyclic) bond motifs is 1.